The summed E-state index contributed by atoms with van der Waals surface area (Å²) in [7, 11) is 3.75. The average molecular weight is 390 g/mol. The summed E-state index contributed by atoms with van der Waals surface area (Å²) < 4.78 is 5.29. The lowest BCUT2D eigenvalue weighted by Crippen LogP contribution is -2.43. The molecule has 0 saturated carbocycles. The monoisotopic (exact) mass is 389 g/mol. The van der Waals surface area contributed by atoms with Crippen molar-refractivity contribution in [1.29, 1.82) is 0 Å². The van der Waals surface area contributed by atoms with Gasteiger partial charge in [-0.15, -0.1) is 36.2 Å². The van der Waals surface area contributed by atoms with Crippen molar-refractivity contribution in [2.75, 3.05) is 27.2 Å². The van der Waals surface area contributed by atoms with Crippen LogP contribution < -0.4 is 10.1 Å². The van der Waals surface area contributed by atoms with Crippen molar-refractivity contribution in [2.24, 2.45) is 0 Å². The van der Waals surface area contributed by atoms with Crippen LogP contribution >= 0.6 is 36.2 Å². The van der Waals surface area contributed by atoms with Crippen molar-refractivity contribution in [3.8, 4) is 16.3 Å². The molecule has 134 valence electrons. The van der Waals surface area contributed by atoms with Crippen LogP contribution in [0.1, 0.15) is 18.5 Å². The van der Waals surface area contributed by atoms with Gasteiger partial charge >= 0.3 is 0 Å². The molecule has 1 aromatic heterocycles. The second-order valence-corrected chi connectivity index (χ2v) is 6.60. The molecule has 1 aliphatic rings. The Morgan fingerprint density at radius 1 is 1.38 bits per heavy atom. The Hall–Kier alpha value is -0.850. The number of hydrogen-bond donors (Lipinski definition) is 1. The van der Waals surface area contributed by atoms with E-state index < -0.39 is 0 Å². The summed E-state index contributed by atoms with van der Waals surface area (Å²) in [6.45, 7) is 3.23. The van der Waals surface area contributed by atoms with E-state index in [0.29, 0.717) is 6.04 Å². The Bertz CT molecular complexity index is 623. The molecule has 2 heterocycles. The van der Waals surface area contributed by atoms with Crippen LogP contribution in [0.3, 0.4) is 0 Å². The highest BCUT2D eigenvalue weighted by atomic mass is 35.5. The molecule has 0 spiro atoms. The van der Waals surface area contributed by atoms with Crippen molar-refractivity contribution in [3.63, 3.8) is 0 Å². The Kier molecular flexibility index (Phi) is 9.02. The van der Waals surface area contributed by atoms with Crippen molar-refractivity contribution in [3.05, 3.63) is 35.3 Å². The number of likely N-dealkylation sites (tertiary alicyclic amines) is 1. The molecule has 0 aliphatic carbocycles. The summed E-state index contributed by atoms with van der Waals surface area (Å²) in [6.07, 6.45) is 2.54. The quantitative estimate of drug-likeness (QED) is 0.842. The predicted octanol–water partition coefficient (Wildman–Crippen LogP) is 3.85. The van der Waals surface area contributed by atoms with E-state index in [2.05, 4.69) is 28.7 Å². The van der Waals surface area contributed by atoms with Crippen LogP contribution in [0.4, 0.5) is 0 Å². The second kappa shape index (κ2) is 10.2. The fourth-order valence-electron chi connectivity index (χ4n) is 2.93. The van der Waals surface area contributed by atoms with E-state index in [0.717, 1.165) is 29.4 Å². The van der Waals surface area contributed by atoms with Gasteiger partial charge in [0, 0.05) is 30.1 Å². The number of nitrogens with one attached hydrogen (secondary N) is 1. The first kappa shape index (κ1) is 21.2. The van der Waals surface area contributed by atoms with E-state index in [4.69, 9.17) is 9.72 Å². The van der Waals surface area contributed by atoms with E-state index in [9.17, 15) is 0 Å². The van der Waals surface area contributed by atoms with Crippen molar-refractivity contribution in [1.82, 2.24) is 15.2 Å². The molecular formula is C17H25Cl2N3OS. The molecule has 0 amide bonds. The zero-order chi connectivity index (χ0) is 15.4. The molecule has 1 atom stereocenters. The molecular weight excluding hydrogens is 365 g/mol. The molecule has 1 unspecified atom stereocenters. The number of rotatable bonds is 5. The molecule has 2 aromatic rings. The first-order valence-electron chi connectivity index (χ1n) is 7.77. The van der Waals surface area contributed by atoms with Gasteiger partial charge in [-0.2, -0.15) is 0 Å². The summed E-state index contributed by atoms with van der Waals surface area (Å²) in [5.74, 6) is 0.877. The van der Waals surface area contributed by atoms with Crippen molar-refractivity contribution in [2.45, 2.75) is 25.4 Å². The molecule has 1 aliphatic heterocycles. The minimum atomic E-state index is 0. The summed E-state index contributed by atoms with van der Waals surface area (Å²) in [6, 6.07) is 8.72. The number of aromatic nitrogens is 1. The van der Waals surface area contributed by atoms with Gasteiger partial charge < -0.3 is 10.1 Å². The third kappa shape index (κ3) is 5.33. The third-order valence-corrected chi connectivity index (χ3v) is 5.11. The van der Waals surface area contributed by atoms with E-state index >= 15 is 0 Å². The van der Waals surface area contributed by atoms with E-state index in [-0.39, 0.29) is 24.8 Å². The lowest BCUT2D eigenvalue weighted by molar-refractivity contribution is 0.186. The maximum atomic E-state index is 5.29. The minimum absolute atomic E-state index is 0. The van der Waals surface area contributed by atoms with Gasteiger partial charge in [-0.1, -0.05) is 12.1 Å². The number of thiazole rings is 1. The number of benzene rings is 1. The molecule has 7 heteroatoms. The highest BCUT2D eigenvalue weighted by Gasteiger charge is 2.19. The molecule has 0 radical (unpaired) electrons. The predicted molar refractivity (Wildman–Crippen MR) is 106 cm³/mol. The first-order chi connectivity index (χ1) is 10.8. The molecule has 1 N–H and O–H groups in total. The average Bonchev–Trinajstić information content (AvgIpc) is 3.03. The molecule has 0 bridgehead atoms. The van der Waals surface area contributed by atoms with Crippen LogP contribution in [0.2, 0.25) is 0 Å². The van der Waals surface area contributed by atoms with Gasteiger partial charge in [-0.25, -0.2) is 4.98 Å². The van der Waals surface area contributed by atoms with Crippen molar-refractivity contribution < 1.29 is 4.74 Å². The van der Waals surface area contributed by atoms with Crippen LogP contribution in [0.5, 0.6) is 5.75 Å². The van der Waals surface area contributed by atoms with Crippen LogP contribution in [0.25, 0.3) is 10.6 Å². The number of hydrogen-bond acceptors (Lipinski definition) is 5. The number of halogens is 2. The van der Waals surface area contributed by atoms with Gasteiger partial charge in [0.15, 0.2) is 0 Å². The standard InChI is InChI=1S/C17H23N3OS.2ClH/c1-18-14-6-4-8-20(10-14)11-15-12-22-17(19-15)13-5-3-7-16(9-13)21-2;;/h3,5,7,9,12,14,18H,4,6,8,10-11H2,1-2H3;2*1H. The van der Waals surface area contributed by atoms with Crippen LogP contribution in [-0.4, -0.2) is 43.2 Å². The van der Waals surface area contributed by atoms with Gasteiger partial charge in [0.05, 0.1) is 12.8 Å². The Morgan fingerprint density at radius 3 is 2.96 bits per heavy atom. The molecule has 1 saturated heterocycles. The Balaban J connectivity index is 0.00000144. The summed E-state index contributed by atoms with van der Waals surface area (Å²) in [4.78, 5) is 7.30. The van der Waals surface area contributed by atoms with E-state index in [1.165, 1.54) is 25.1 Å². The second-order valence-electron chi connectivity index (χ2n) is 5.74. The number of ether oxygens (including phenoxy) is 1. The van der Waals surface area contributed by atoms with Gasteiger partial charge in [-0.3, -0.25) is 4.90 Å². The molecule has 3 rings (SSSR count). The lowest BCUT2D eigenvalue weighted by atomic mass is 10.1. The topological polar surface area (TPSA) is 37.4 Å². The first-order valence-corrected chi connectivity index (χ1v) is 8.65. The van der Waals surface area contributed by atoms with Gasteiger partial charge in [0.1, 0.15) is 10.8 Å². The zero-order valence-corrected chi connectivity index (χ0v) is 16.5. The smallest absolute Gasteiger partial charge is 0.123 e. The molecule has 4 nitrogen and oxygen atoms in total. The van der Waals surface area contributed by atoms with Crippen LogP contribution in [-0.2, 0) is 6.54 Å². The molecule has 1 fully saturated rings. The summed E-state index contributed by atoms with van der Waals surface area (Å²) in [5.41, 5.74) is 2.29. The zero-order valence-electron chi connectivity index (χ0n) is 14.0. The van der Waals surface area contributed by atoms with Gasteiger partial charge in [-0.05, 0) is 38.6 Å². The fraction of sp³-hybridized carbons (Fsp3) is 0.471. The van der Waals surface area contributed by atoms with Crippen molar-refractivity contribution >= 4 is 36.2 Å². The van der Waals surface area contributed by atoms with Gasteiger partial charge in [0.2, 0.25) is 0 Å². The Labute approximate surface area is 160 Å². The Morgan fingerprint density at radius 2 is 2.21 bits per heavy atom. The lowest BCUT2D eigenvalue weighted by Gasteiger charge is -2.31. The number of methoxy groups -OCH3 is 1. The van der Waals surface area contributed by atoms with Crippen LogP contribution in [0.15, 0.2) is 29.6 Å². The molecule has 1 aromatic carbocycles. The van der Waals surface area contributed by atoms with E-state index in [1.54, 1.807) is 18.4 Å². The van der Waals surface area contributed by atoms with E-state index in [1.807, 2.05) is 18.2 Å². The fourth-order valence-corrected chi connectivity index (χ4v) is 3.74. The maximum Gasteiger partial charge on any atom is 0.123 e. The molecule has 24 heavy (non-hydrogen) atoms. The van der Waals surface area contributed by atoms with Crippen LogP contribution in [0, 0.1) is 0 Å². The SMILES string of the molecule is CNC1CCCN(Cc2csc(-c3cccc(OC)c3)n2)C1.Cl.Cl. The number of likely N-dealkylation sites (N-methyl/N-ethyl adjacent to an activating group) is 1. The number of nitrogens with zero attached hydrogens (tertiary/aromatic N) is 2. The third-order valence-electron chi connectivity index (χ3n) is 4.17. The maximum absolute atomic E-state index is 5.29. The normalized spacial score (nSPS) is 17.7. The largest absolute Gasteiger partial charge is 0.497 e. The summed E-state index contributed by atoms with van der Waals surface area (Å²) in [5, 5.41) is 6.63. The number of piperidine rings is 1. The van der Waals surface area contributed by atoms with Gasteiger partial charge in [0.25, 0.3) is 0 Å². The summed E-state index contributed by atoms with van der Waals surface area (Å²) >= 11 is 1.71. The minimum Gasteiger partial charge on any atom is -0.497 e. The highest BCUT2D eigenvalue weighted by molar-refractivity contribution is 7.13. The highest BCUT2D eigenvalue weighted by Crippen LogP contribution is 2.27.